The van der Waals surface area contributed by atoms with Crippen LogP contribution in [-0.4, -0.2) is 53.1 Å². The Morgan fingerprint density at radius 3 is 2.57 bits per heavy atom. The molecule has 0 bridgehead atoms. The van der Waals surface area contributed by atoms with Gasteiger partial charge in [0.2, 0.25) is 0 Å². The minimum atomic E-state index is -0.529. The Morgan fingerprint density at radius 2 is 1.93 bits per heavy atom. The summed E-state index contributed by atoms with van der Waals surface area (Å²) in [5.41, 5.74) is 1.18. The molecule has 1 unspecified atom stereocenters. The second-order valence-corrected chi connectivity index (χ2v) is 8.26. The van der Waals surface area contributed by atoms with Crippen molar-refractivity contribution in [2.24, 2.45) is 0 Å². The summed E-state index contributed by atoms with van der Waals surface area (Å²) in [5.74, 6) is -0.0124. The first-order valence-corrected chi connectivity index (χ1v) is 9.64. The minimum absolute atomic E-state index is 0.0124. The monoisotopic (exact) mass is 380 g/mol. The molecular weight excluding hydrogens is 352 g/mol. The van der Waals surface area contributed by atoms with Crippen molar-refractivity contribution in [3.8, 4) is 0 Å². The highest BCUT2D eigenvalue weighted by Gasteiger charge is 2.32. The Labute approximate surface area is 166 Å². The summed E-state index contributed by atoms with van der Waals surface area (Å²) in [7, 11) is 0. The van der Waals surface area contributed by atoms with E-state index in [2.05, 4.69) is 6.58 Å². The molecule has 1 saturated heterocycles. The number of carbonyl (C=O) groups is 2. The molecule has 0 N–H and O–H groups in total. The van der Waals surface area contributed by atoms with E-state index in [-0.39, 0.29) is 18.0 Å². The van der Waals surface area contributed by atoms with Crippen LogP contribution >= 0.6 is 0 Å². The molecular formula is C23H28N2O3. The van der Waals surface area contributed by atoms with E-state index >= 15 is 0 Å². The lowest BCUT2D eigenvalue weighted by molar-refractivity contribution is 0.00199. The van der Waals surface area contributed by atoms with Gasteiger partial charge in [-0.05, 0) is 56.2 Å². The Kier molecular flexibility index (Phi) is 5.45. The molecule has 1 aliphatic heterocycles. The molecule has 1 fully saturated rings. The van der Waals surface area contributed by atoms with Crippen molar-refractivity contribution in [1.82, 2.24) is 9.80 Å². The summed E-state index contributed by atoms with van der Waals surface area (Å²) in [5, 5.41) is 2.10. The standard InChI is InChI=1S/C23H28N2O3/c1-6-17-8-7-9-18-14-19(10-11-20(17)18)21(26)24-12-13-25(16(2)15-24)22(27)28-23(3,4)5/h6-11,14,16H,1,12-13,15H2,2-5H3. The lowest BCUT2D eigenvalue weighted by Gasteiger charge is -2.40. The smallest absolute Gasteiger partial charge is 0.410 e. The van der Waals surface area contributed by atoms with E-state index < -0.39 is 5.60 Å². The van der Waals surface area contributed by atoms with E-state index in [9.17, 15) is 9.59 Å². The van der Waals surface area contributed by atoms with E-state index in [0.29, 0.717) is 25.2 Å². The van der Waals surface area contributed by atoms with E-state index in [4.69, 9.17) is 4.74 Å². The normalized spacial score (nSPS) is 17.5. The number of hydrogen-bond acceptors (Lipinski definition) is 3. The van der Waals surface area contributed by atoms with Crippen LogP contribution in [0.1, 0.15) is 43.6 Å². The van der Waals surface area contributed by atoms with E-state index in [1.165, 1.54) is 0 Å². The molecule has 5 heteroatoms. The van der Waals surface area contributed by atoms with Crippen molar-refractivity contribution in [2.45, 2.75) is 39.3 Å². The number of carbonyl (C=O) groups excluding carboxylic acids is 2. The van der Waals surface area contributed by atoms with Gasteiger partial charge in [0.1, 0.15) is 5.60 Å². The molecule has 0 radical (unpaired) electrons. The Bertz CT molecular complexity index is 914. The lowest BCUT2D eigenvalue weighted by atomic mass is 10.0. The molecule has 148 valence electrons. The highest BCUT2D eigenvalue weighted by atomic mass is 16.6. The fourth-order valence-corrected chi connectivity index (χ4v) is 3.54. The second kappa shape index (κ2) is 7.66. The van der Waals surface area contributed by atoms with Gasteiger partial charge in [-0.25, -0.2) is 4.79 Å². The van der Waals surface area contributed by atoms with Gasteiger partial charge >= 0.3 is 6.09 Å². The third-order valence-electron chi connectivity index (χ3n) is 4.92. The summed E-state index contributed by atoms with van der Waals surface area (Å²) < 4.78 is 5.47. The molecule has 1 atom stereocenters. The van der Waals surface area contributed by atoms with Crippen molar-refractivity contribution >= 4 is 28.8 Å². The number of piperazine rings is 1. The van der Waals surface area contributed by atoms with Gasteiger partial charge in [0.05, 0.1) is 0 Å². The summed E-state index contributed by atoms with van der Waals surface area (Å²) in [6.45, 7) is 12.8. The number of nitrogens with zero attached hydrogens (tertiary/aromatic N) is 2. The molecule has 2 aromatic carbocycles. The van der Waals surface area contributed by atoms with Gasteiger partial charge in [0.25, 0.3) is 5.91 Å². The van der Waals surface area contributed by atoms with Crippen LogP contribution < -0.4 is 0 Å². The zero-order chi connectivity index (χ0) is 20.5. The van der Waals surface area contributed by atoms with Gasteiger partial charge in [-0.15, -0.1) is 0 Å². The molecule has 0 aromatic heterocycles. The largest absolute Gasteiger partial charge is 0.444 e. The van der Waals surface area contributed by atoms with Crippen LogP contribution in [0, 0.1) is 0 Å². The predicted octanol–water partition coefficient (Wildman–Crippen LogP) is 4.56. The van der Waals surface area contributed by atoms with Crippen LogP contribution in [0.4, 0.5) is 4.79 Å². The molecule has 3 rings (SSSR count). The minimum Gasteiger partial charge on any atom is -0.444 e. The van der Waals surface area contributed by atoms with Crippen molar-refractivity contribution in [3.63, 3.8) is 0 Å². The quantitative estimate of drug-likeness (QED) is 0.767. The van der Waals surface area contributed by atoms with Crippen LogP contribution in [0.25, 0.3) is 16.8 Å². The SMILES string of the molecule is C=Cc1cccc2cc(C(=O)N3CCN(C(=O)OC(C)(C)C)C(C)C3)ccc12. The summed E-state index contributed by atoms with van der Waals surface area (Å²) >= 11 is 0. The van der Waals surface area contributed by atoms with Crippen LogP contribution in [0.15, 0.2) is 43.0 Å². The molecule has 1 aliphatic rings. The fraction of sp³-hybridized carbons (Fsp3) is 0.391. The summed E-state index contributed by atoms with van der Waals surface area (Å²) in [4.78, 5) is 28.9. The first-order valence-electron chi connectivity index (χ1n) is 9.64. The predicted molar refractivity (Wildman–Crippen MR) is 112 cm³/mol. The third kappa shape index (κ3) is 4.19. The van der Waals surface area contributed by atoms with E-state index in [1.54, 1.807) is 4.90 Å². The van der Waals surface area contributed by atoms with Crippen molar-refractivity contribution in [2.75, 3.05) is 19.6 Å². The number of fused-ring (bicyclic) bond motifs is 1. The topological polar surface area (TPSA) is 49.9 Å². The molecule has 1 heterocycles. The summed E-state index contributed by atoms with van der Waals surface area (Å²) in [6, 6.07) is 11.6. The average Bonchev–Trinajstić information content (AvgIpc) is 2.64. The zero-order valence-corrected chi connectivity index (χ0v) is 17.1. The van der Waals surface area contributed by atoms with E-state index in [0.717, 1.165) is 16.3 Å². The lowest BCUT2D eigenvalue weighted by Crippen LogP contribution is -2.56. The molecule has 2 aromatic rings. The van der Waals surface area contributed by atoms with Crippen molar-refractivity contribution in [1.29, 1.82) is 0 Å². The van der Waals surface area contributed by atoms with Gasteiger partial charge in [-0.2, -0.15) is 0 Å². The van der Waals surface area contributed by atoms with Crippen LogP contribution in [0.5, 0.6) is 0 Å². The van der Waals surface area contributed by atoms with Gasteiger partial charge in [0, 0.05) is 31.2 Å². The molecule has 5 nitrogen and oxygen atoms in total. The van der Waals surface area contributed by atoms with Gasteiger partial charge in [0.15, 0.2) is 0 Å². The highest BCUT2D eigenvalue weighted by molar-refractivity contribution is 6.00. The Hall–Kier alpha value is -2.82. The average molecular weight is 380 g/mol. The molecule has 2 amide bonds. The number of amides is 2. The molecule has 0 saturated carbocycles. The Morgan fingerprint density at radius 1 is 1.18 bits per heavy atom. The summed E-state index contributed by atoms with van der Waals surface area (Å²) in [6.07, 6.45) is 1.50. The first-order chi connectivity index (χ1) is 13.2. The molecule has 0 spiro atoms. The third-order valence-corrected chi connectivity index (χ3v) is 4.92. The fourth-order valence-electron chi connectivity index (χ4n) is 3.54. The highest BCUT2D eigenvalue weighted by Crippen LogP contribution is 2.23. The molecule has 0 aliphatic carbocycles. The van der Waals surface area contributed by atoms with Crippen molar-refractivity contribution < 1.29 is 14.3 Å². The number of benzene rings is 2. The first kappa shape index (κ1) is 19.9. The van der Waals surface area contributed by atoms with Gasteiger partial charge in [-0.1, -0.05) is 36.9 Å². The zero-order valence-electron chi connectivity index (χ0n) is 17.1. The number of hydrogen-bond donors (Lipinski definition) is 0. The maximum absolute atomic E-state index is 13.0. The van der Waals surface area contributed by atoms with Gasteiger partial charge in [-0.3, -0.25) is 4.79 Å². The van der Waals surface area contributed by atoms with Crippen LogP contribution in [-0.2, 0) is 4.74 Å². The number of rotatable bonds is 2. The molecule has 28 heavy (non-hydrogen) atoms. The number of ether oxygens (including phenoxy) is 1. The Balaban J connectivity index is 1.73. The second-order valence-electron chi connectivity index (χ2n) is 8.26. The maximum Gasteiger partial charge on any atom is 0.410 e. The van der Waals surface area contributed by atoms with Gasteiger partial charge < -0.3 is 14.5 Å². The van der Waals surface area contributed by atoms with Crippen LogP contribution in [0.2, 0.25) is 0 Å². The van der Waals surface area contributed by atoms with Crippen LogP contribution in [0.3, 0.4) is 0 Å². The van der Waals surface area contributed by atoms with E-state index in [1.807, 2.05) is 75.1 Å². The van der Waals surface area contributed by atoms with Crippen molar-refractivity contribution in [3.05, 3.63) is 54.1 Å². The maximum atomic E-state index is 13.0.